The predicted molar refractivity (Wildman–Crippen MR) is 113 cm³/mol. The number of hydrogen-bond donors (Lipinski definition) is 1. The van der Waals surface area contributed by atoms with Gasteiger partial charge in [0.1, 0.15) is 18.2 Å². The lowest BCUT2D eigenvalue weighted by atomic mass is 10.1. The quantitative estimate of drug-likeness (QED) is 0.657. The number of hydrogen-bond acceptors (Lipinski definition) is 4. The lowest BCUT2D eigenvalue weighted by Gasteiger charge is -2.24. The summed E-state index contributed by atoms with van der Waals surface area (Å²) in [6.07, 6.45) is 4.75. The monoisotopic (exact) mass is 424 g/mol. The molecular weight excluding hydrogens is 399 g/mol. The van der Waals surface area contributed by atoms with Crippen molar-refractivity contribution in [3.8, 4) is 11.3 Å². The summed E-state index contributed by atoms with van der Waals surface area (Å²) >= 11 is 0. The molecule has 0 radical (unpaired) electrons. The second-order valence-electron chi connectivity index (χ2n) is 7.71. The number of fused-ring (bicyclic) bond motifs is 1. The fraction of sp³-hybridized carbons (Fsp3) is 0.364. The maximum absolute atomic E-state index is 13.0. The molecule has 0 unspecified atom stereocenters. The molecule has 0 saturated carbocycles. The van der Waals surface area contributed by atoms with E-state index in [9.17, 15) is 14.0 Å². The smallest absolute Gasteiger partial charge is 0.270 e. The molecule has 1 atom stereocenters. The van der Waals surface area contributed by atoms with Gasteiger partial charge in [0.05, 0.1) is 17.5 Å². The third-order valence-corrected chi connectivity index (χ3v) is 5.56. The van der Waals surface area contributed by atoms with Crippen LogP contribution in [0.4, 0.5) is 4.39 Å². The van der Waals surface area contributed by atoms with Crippen LogP contribution in [0.1, 0.15) is 33.1 Å². The van der Waals surface area contributed by atoms with E-state index in [2.05, 4.69) is 15.0 Å². The first-order valence-electron chi connectivity index (χ1n) is 10.2. The van der Waals surface area contributed by atoms with Crippen LogP contribution in [-0.4, -0.2) is 62.4 Å². The van der Waals surface area contributed by atoms with Gasteiger partial charge in [-0.15, -0.1) is 0 Å². The molecule has 1 aliphatic heterocycles. The van der Waals surface area contributed by atoms with Crippen molar-refractivity contribution in [1.29, 1.82) is 0 Å². The van der Waals surface area contributed by atoms with E-state index in [-0.39, 0.29) is 29.8 Å². The largest absolute Gasteiger partial charge is 0.347 e. The summed E-state index contributed by atoms with van der Waals surface area (Å²) in [5, 5.41) is 7.09. The van der Waals surface area contributed by atoms with Crippen molar-refractivity contribution in [2.75, 3.05) is 20.3 Å². The number of aromatic nitrogens is 4. The average Bonchev–Trinajstić information content (AvgIpc) is 3.37. The minimum Gasteiger partial charge on any atom is -0.347 e. The van der Waals surface area contributed by atoms with Crippen molar-refractivity contribution in [3.05, 3.63) is 59.8 Å². The molecule has 2 aromatic heterocycles. The summed E-state index contributed by atoms with van der Waals surface area (Å²) in [6.45, 7) is 0.0596. The molecule has 1 aromatic carbocycles. The van der Waals surface area contributed by atoms with E-state index in [0.29, 0.717) is 6.42 Å². The zero-order chi connectivity index (χ0) is 22.0. The third-order valence-electron chi connectivity index (χ3n) is 5.56. The Labute approximate surface area is 179 Å². The van der Waals surface area contributed by atoms with Crippen LogP contribution in [0.5, 0.6) is 0 Å². The number of carbonyl (C=O) groups excluding carboxylic acids is 2. The highest BCUT2D eigenvalue weighted by Crippen LogP contribution is 2.23. The van der Waals surface area contributed by atoms with Crippen molar-refractivity contribution in [2.24, 2.45) is 7.05 Å². The molecule has 0 spiro atoms. The van der Waals surface area contributed by atoms with Gasteiger partial charge >= 0.3 is 0 Å². The first-order chi connectivity index (χ1) is 15.0. The number of amides is 2. The van der Waals surface area contributed by atoms with Crippen LogP contribution < -0.4 is 5.32 Å². The average molecular weight is 424 g/mol. The first kappa shape index (κ1) is 20.8. The number of aryl methyl sites for hydroxylation is 2. The van der Waals surface area contributed by atoms with Crippen LogP contribution in [0.25, 0.3) is 11.3 Å². The predicted octanol–water partition coefficient (Wildman–Crippen LogP) is 2.07. The van der Waals surface area contributed by atoms with Gasteiger partial charge in [0, 0.05) is 51.4 Å². The maximum atomic E-state index is 13.0. The van der Waals surface area contributed by atoms with Gasteiger partial charge in [0.25, 0.3) is 11.8 Å². The second-order valence-corrected chi connectivity index (χ2v) is 7.71. The number of rotatable bonds is 6. The molecule has 8 nitrogen and oxygen atoms in total. The summed E-state index contributed by atoms with van der Waals surface area (Å²) in [5.41, 5.74) is 2.31. The number of benzene rings is 1. The van der Waals surface area contributed by atoms with Gasteiger partial charge in [0.15, 0.2) is 0 Å². The second kappa shape index (κ2) is 8.71. The van der Waals surface area contributed by atoms with E-state index >= 15 is 0 Å². The van der Waals surface area contributed by atoms with Crippen molar-refractivity contribution < 1.29 is 14.0 Å². The number of imidazole rings is 1. The fourth-order valence-electron chi connectivity index (χ4n) is 3.85. The molecule has 1 N–H and O–H groups in total. The zero-order valence-corrected chi connectivity index (χ0v) is 17.6. The Morgan fingerprint density at radius 3 is 2.81 bits per heavy atom. The SMILES string of the molecule is CN(CCF)C(=O)c1cnn(C)c1C(=O)N[C@@H]1CCn2cc(-c3ccccc3)nc2C1. The summed E-state index contributed by atoms with van der Waals surface area (Å²) in [5.74, 6) is 0.118. The molecule has 3 aromatic rings. The normalized spacial score (nSPS) is 15.4. The summed E-state index contributed by atoms with van der Waals surface area (Å²) in [6, 6.07) is 9.87. The van der Waals surface area contributed by atoms with E-state index in [1.807, 2.05) is 36.5 Å². The highest BCUT2D eigenvalue weighted by atomic mass is 19.1. The van der Waals surface area contributed by atoms with Crippen molar-refractivity contribution in [3.63, 3.8) is 0 Å². The number of carbonyl (C=O) groups is 2. The number of halogens is 1. The molecule has 31 heavy (non-hydrogen) atoms. The lowest BCUT2D eigenvalue weighted by molar-refractivity contribution is 0.0776. The van der Waals surface area contributed by atoms with Gasteiger partial charge in [-0.3, -0.25) is 14.3 Å². The minimum absolute atomic E-state index is 0.0379. The maximum Gasteiger partial charge on any atom is 0.270 e. The van der Waals surface area contributed by atoms with Crippen molar-refractivity contribution >= 4 is 11.8 Å². The van der Waals surface area contributed by atoms with Gasteiger partial charge < -0.3 is 14.8 Å². The molecular formula is C22H25FN6O2. The highest BCUT2D eigenvalue weighted by Gasteiger charge is 2.28. The molecule has 3 heterocycles. The molecule has 0 aliphatic carbocycles. The van der Waals surface area contributed by atoms with E-state index in [4.69, 9.17) is 4.98 Å². The van der Waals surface area contributed by atoms with Crippen LogP contribution in [0.3, 0.4) is 0 Å². The Hall–Kier alpha value is -3.49. The van der Waals surface area contributed by atoms with Crippen LogP contribution in [0.2, 0.25) is 0 Å². The Morgan fingerprint density at radius 1 is 1.29 bits per heavy atom. The Bertz CT molecular complexity index is 1090. The minimum atomic E-state index is -0.649. The third kappa shape index (κ3) is 4.21. The first-order valence-corrected chi connectivity index (χ1v) is 10.2. The van der Waals surface area contributed by atoms with Crippen LogP contribution in [0, 0.1) is 0 Å². The number of nitrogens with zero attached hydrogens (tertiary/aromatic N) is 5. The topological polar surface area (TPSA) is 85.0 Å². The van der Waals surface area contributed by atoms with E-state index < -0.39 is 12.6 Å². The molecule has 162 valence electrons. The molecule has 0 fully saturated rings. The van der Waals surface area contributed by atoms with Crippen LogP contribution >= 0.6 is 0 Å². The summed E-state index contributed by atoms with van der Waals surface area (Å²) in [4.78, 5) is 31.6. The molecule has 9 heteroatoms. The Morgan fingerprint density at radius 2 is 2.06 bits per heavy atom. The standard InChI is InChI=1S/C22H25FN6O2/c1-27(11-9-23)22(31)17-13-24-28(2)20(17)21(30)25-16-8-10-29-14-18(26-19(29)12-16)15-6-4-3-5-7-15/h3-7,13-14,16H,8-12H2,1-2H3,(H,25,30)/t16-/m1/s1. The van der Waals surface area contributed by atoms with Gasteiger partial charge in [-0.05, 0) is 6.42 Å². The van der Waals surface area contributed by atoms with Gasteiger partial charge in [0.2, 0.25) is 0 Å². The molecule has 2 amide bonds. The zero-order valence-electron chi connectivity index (χ0n) is 17.6. The highest BCUT2D eigenvalue weighted by molar-refractivity contribution is 6.06. The summed E-state index contributed by atoms with van der Waals surface area (Å²) in [7, 11) is 3.11. The van der Waals surface area contributed by atoms with Gasteiger partial charge in [-0.25, -0.2) is 9.37 Å². The van der Waals surface area contributed by atoms with E-state index in [0.717, 1.165) is 30.0 Å². The van der Waals surface area contributed by atoms with Crippen LogP contribution in [0.15, 0.2) is 42.7 Å². The lowest BCUT2D eigenvalue weighted by Crippen LogP contribution is -2.41. The van der Waals surface area contributed by atoms with Crippen LogP contribution in [-0.2, 0) is 20.0 Å². The molecule has 1 aliphatic rings. The Kier molecular flexibility index (Phi) is 5.83. The molecule has 0 bridgehead atoms. The Balaban J connectivity index is 1.48. The fourth-order valence-corrected chi connectivity index (χ4v) is 3.85. The van der Waals surface area contributed by atoms with E-state index in [1.54, 1.807) is 7.05 Å². The van der Waals surface area contributed by atoms with Crippen molar-refractivity contribution in [1.82, 2.24) is 29.5 Å². The number of alkyl halides is 1. The van der Waals surface area contributed by atoms with Gasteiger partial charge in [-0.1, -0.05) is 30.3 Å². The van der Waals surface area contributed by atoms with Gasteiger partial charge in [-0.2, -0.15) is 5.10 Å². The number of nitrogens with one attached hydrogen (secondary N) is 1. The summed E-state index contributed by atoms with van der Waals surface area (Å²) < 4.78 is 16.1. The van der Waals surface area contributed by atoms with Crippen molar-refractivity contribution in [2.45, 2.75) is 25.4 Å². The van der Waals surface area contributed by atoms with E-state index in [1.165, 1.54) is 22.8 Å². The molecule has 4 rings (SSSR count). The molecule has 0 saturated heterocycles.